The average Bonchev–Trinajstić information content (AvgIpc) is 2.78. The van der Waals surface area contributed by atoms with Crippen LogP contribution in [0.25, 0.3) is 17.2 Å². The van der Waals surface area contributed by atoms with E-state index in [9.17, 15) is 0 Å². The first-order valence-electron chi connectivity index (χ1n) is 10.6. The zero-order valence-corrected chi connectivity index (χ0v) is 17.4. The molecule has 3 aromatic carbocycles. The third kappa shape index (κ3) is 4.41. The number of benzene rings is 3. The normalized spacial score (nSPS) is 15.2. The van der Waals surface area contributed by atoms with E-state index in [1.165, 1.54) is 33.4 Å². The van der Waals surface area contributed by atoms with Crippen LogP contribution in [0, 0.1) is 5.41 Å². The summed E-state index contributed by atoms with van der Waals surface area (Å²) in [6.07, 6.45) is 12.8. The fraction of sp³-hybridized carbons (Fsp3) is 0.138. The topological polar surface area (TPSA) is 23.9 Å². The van der Waals surface area contributed by atoms with Gasteiger partial charge >= 0.3 is 0 Å². The first kappa shape index (κ1) is 19.8. The van der Waals surface area contributed by atoms with Gasteiger partial charge in [-0.1, -0.05) is 97.9 Å². The minimum atomic E-state index is 0.564. The molecule has 30 heavy (non-hydrogen) atoms. The Balaban J connectivity index is 1.86. The second-order valence-corrected chi connectivity index (χ2v) is 7.65. The zero-order chi connectivity index (χ0) is 20.8. The number of fused-ring (bicyclic) bond motifs is 4. The molecule has 1 heteroatoms. The third-order valence-corrected chi connectivity index (χ3v) is 5.56. The molecule has 0 radical (unpaired) electrons. The van der Waals surface area contributed by atoms with Crippen LogP contribution in [0.5, 0.6) is 0 Å². The van der Waals surface area contributed by atoms with Crippen LogP contribution in [0.1, 0.15) is 35.6 Å². The predicted molar refractivity (Wildman–Crippen MR) is 129 cm³/mol. The number of nitrogens with one attached hydrogen (secondary N) is 1. The molecule has 0 aliphatic heterocycles. The molecule has 0 saturated carbocycles. The Morgan fingerprint density at radius 2 is 1.37 bits per heavy atom. The molecule has 0 amide bonds. The molecule has 0 bridgehead atoms. The molecule has 0 saturated heterocycles. The van der Waals surface area contributed by atoms with Gasteiger partial charge in [-0.3, -0.25) is 0 Å². The largest absolute Gasteiger partial charge is 0.301 e. The van der Waals surface area contributed by atoms with Gasteiger partial charge in [0.05, 0.1) is 5.71 Å². The van der Waals surface area contributed by atoms with Crippen molar-refractivity contribution in [2.24, 2.45) is 0 Å². The Morgan fingerprint density at radius 1 is 0.767 bits per heavy atom. The van der Waals surface area contributed by atoms with Crippen LogP contribution in [-0.4, -0.2) is 5.71 Å². The lowest BCUT2D eigenvalue weighted by Crippen LogP contribution is -2.06. The van der Waals surface area contributed by atoms with Crippen LogP contribution in [0.3, 0.4) is 0 Å². The maximum atomic E-state index is 8.75. The fourth-order valence-electron chi connectivity index (χ4n) is 4.01. The molecular formula is C29H27N. The van der Waals surface area contributed by atoms with E-state index in [-0.39, 0.29) is 0 Å². The molecule has 1 aliphatic carbocycles. The molecule has 0 fully saturated rings. The van der Waals surface area contributed by atoms with Crippen molar-refractivity contribution >= 4 is 11.8 Å². The molecule has 148 valence electrons. The summed E-state index contributed by atoms with van der Waals surface area (Å²) in [5.41, 5.74) is 9.25. The van der Waals surface area contributed by atoms with Crippen LogP contribution < -0.4 is 0 Å². The lowest BCUT2D eigenvalue weighted by atomic mass is 9.86. The van der Waals surface area contributed by atoms with E-state index in [0.29, 0.717) is 5.71 Å². The van der Waals surface area contributed by atoms with E-state index in [4.69, 9.17) is 5.41 Å². The Hall–Kier alpha value is -3.45. The van der Waals surface area contributed by atoms with Gasteiger partial charge in [-0.05, 0) is 63.9 Å². The summed E-state index contributed by atoms with van der Waals surface area (Å²) in [5.74, 6) is 0. The monoisotopic (exact) mass is 389 g/mol. The molecule has 0 atom stereocenters. The lowest BCUT2D eigenvalue weighted by molar-refractivity contribution is 1.16. The minimum Gasteiger partial charge on any atom is -0.301 e. The van der Waals surface area contributed by atoms with E-state index in [1.807, 2.05) is 18.2 Å². The highest BCUT2D eigenvalue weighted by atomic mass is 14.4. The molecule has 0 aromatic heterocycles. The lowest BCUT2D eigenvalue weighted by Gasteiger charge is -2.18. The number of hydrogen-bond donors (Lipinski definition) is 1. The van der Waals surface area contributed by atoms with Gasteiger partial charge in [0.25, 0.3) is 0 Å². The summed E-state index contributed by atoms with van der Waals surface area (Å²) in [5, 5.41) is 8.75. The van der Waals surface area contributed by atoms with Crippen LogP contribution in [-0.2, 0) is 12.8 Å². The number of hydrogen-bond acceptors (Lipinski definition) is 1. The van der Waals surface area contributed by atoms with Gasteiger partial charge in [-0.25, -0.2) is 0 Å². The summed E-state index contributed by atoms with van der Waals surface area (Å²) in [7, 11) is 0. The van der Waals surface area contributed by atoms with E-state index in [1.54, 1.807) is 0 Å². The molecule has 0 unspecified atom stereocenters. The van der Waals surface area contributed by atoms with E-state index >= 15 is 0 Å². The highest BCUT2D eigenvalue weighted by Crippen LogP contribution is 2.32. The highest BCUT2D eigenvalue weighted by molar-refractivity contribution is 6.09. The molecule has 0 spiro atoms. The van der Waals surface area contributed by atoms with Crippen molar-refractivity contribution in [1.82, 2.24) is 0 Å². The third-order valence-electron chi connectivity index (χ3n) is 5.56. The van der Waals surface area contributed by atoms with Crippen molar-refractivity contribution < 1.29 is 0 Å². The maximum Gasteiger partial charge on any atom is 0.0575 e. The van der Waals surface area contributed by atoms with Gasteiger partial charge in [0, 0.05) is 6.42 Å². The van der Waals surface area contributed by atoms with Gasteiger partial charge < -0.3 is 5.41 Å². The van der Waals surface area contributed by atoms with Crippen molar-refractivity contribution in [3.63, 3.8) is 0 Å². The van der Waals surface area contributed by atoms with Crippen LogP contribution in [0.2, 0.25) is 0 Å². The smallest absolute Gasteiger partial charge is 0.0575 e. The average molecular weight is 390 g/mol. The van der Waals surface area contributed by atoms with Gasteiger partial charge in [0.15, 0.2) is 0 Å². The zero-order valence-electron chi connectivity index (χ0n) is 17.4. The second-order valence-electron chi connectivity index (χ2n) is 7.65. The van der Waals surface area contributed by atoms with E-state index in [2.05, 4.69) is 91.9 Å². The Bertz CT molecular complexity index is 1140. The molecule has 3 aromatic rings. The maximum absolute atomic E-state index is 8.75. The first-order chi connectivity index (χ1) is 14.8. The van der Waals surface area contributed by atoms with Crippen LogP contribution >= 0.6 is 0 Å². The molecule has 0 heterocycles. The van der Waals surface area contributed by atoms with Crippen molar-refractivity contribution in [1.29, 1.82) is 5.41 Å². The summed E-state index contributed by atoms with van der Waals surface area (Å²) >= 11 is 0. The SMILES string of the molecule is CC/C=C\C=C/C(=N)/C1=C/c2ccccc2Cc2ccccc2-c2ccccc2C1. The van der Waals surface area contributed by atoms with Gasteiger partial charge in [-0.2, -0.15) is 0 Å². The second kappa shape index (κ2) is 9.37. The standard InChI is InChI=1S/C29H27N/c1-2-3-4-5-18-29(30)26-20-23-13-7-6-12-22(23)19-24-14-8-10-16-27(24)28-17-11-9-15-25(28)21-26/h3-18,20,30H,2,19,21H2,1H3/b4-3-,18-5-,26-20+,30-29?. The molecule has 4 rings (SSSR count). The van der Waals surface area contributed by atoms with Crippen molar-refractivity contribution in [2.75, 3.05) is 0 Å². The van der Waals surface area contributed by atoms with Crippen molar-refractivity contribution in [3.05, 3.63) is 125 Å². The van der Waals surface area contributed by atoms with Gasteiger partial charge in [0.2, 0.25) is 0 Å². The predicted octanol–water partition coefficient (Wildman–Crippen LogP) is 7.43. The fourth-order valence-corrected chi connectivity index (χ4v) is 4.01. The summed E-state index contributed by atoms with van der Waals surface area (Å²) in [4.78, 5) is 0. The Morgan fingerprint density at radius 3 is 2.07 bits per heavy atom. The summed E-state index contributed by atoms with van der Waals surface area (Å²) < 4.78 is 0. The molecule has 1 N–H and O–H groups in total. The first-order valence-corrected chi connectivity index (χ1v) is 10.6. The van der Waals surface area contributed by atoms with Crippen LogP contribution in [0.4, 0.5) is 0 Å². The van der Waals surface area contributed by atoms with Gasteiger partial charge in [-0.15, -0.1) is 0 Å². The van der Waals surface area contributed by atoms with Gasteiger partial charge in [0.1, 0.15) is 0 Å². The molecule has 1 aliphatic rings. The van der Waals surface area contributed by atoms with Crippen molar-refractivity contribution in [3.8, 4) is 11.1 Å². The Kier molecular flexibility index (Phi) is 6.20. The van der Waals surface area contributed by atoms with E-state index < -0.39 is 0 Å². The van der Waals surface area contributed by atoms with Crippen molar-refractivity contribution in [2.45, 2.75) is 26.2 Å². The minimum absolute atomic E-state index is 0.564. The summed E-state index contributed by atoms with van der Waals surface area (Å²) in [6.45, 7) is 2.12. The highest BCUT2D eigenvalue weighted by Gasteiger charge is 2.15. The van der Waals surface area contributed by atoms with Crippen LogP contribution in [0.15, 0.2) is 103 Å². The molecular weight excluding hydrogens is 362 g/mol. The number of allylic oxidation sites excluding steroid dienone is 5. The summed E-state index contributed by atoms with van der Waals surface area (Å²) in [6, 6.07) is 25.9. The number of rotatable bonds is 4. The molecule has 1 nitrogen and oxygen atoms in total. The Labute approximate surface area is 179 Å². The van der Waals surface area contributed by atoms with E-state index in [0.717, 1.165) is 24.8 Å². The quantitative estimate of drug-likeness (QED) is 0.354.